The van der Waals surface area contributed by atoms with Crippen LogP contribution in [0, 0.1) is 0 Å². The van der Waals surface area contributed by atoms with Crippen LogP contribution in [0.1, 0.15) is 77.0 Å². The number of nitrogens with one attached hydrogen (secondary N) is 3. The van der Waals surface area contributed by atoms with Crippen molar-refractivity contribution in [2.24, 2.45) is 17.2 Å². The van der Waals surface area contributed by atoms with Crippen molar-refractivity contribution in [3.63, 3.8) is 0 Å². The fourth-order valence-corrected chi connectivity index (χ4v) is 6.14. The third kappa shape index (κ3) is 154. The van der Waals surface area contributed by atoms with Gasteiger partial charge in [0.1, 0.15) is 0 Å². The maximum Gasteiger partial charge on any atom is 0.407 e. The maximum absolute atomic E-state index is 10.4. The van der Waals surface area contributed by atoms with E-state index >= 15 is 0 Å². The van der Waals surface area contributed by atoms with Crippen molar-refractivity contribution in [2.75, 3.05) is 153 Å². The lowest BCUT2D eigenvalue weighted by Crippen LogP contribution is -2.42. The lowest BCUT2D eigenvalue weighted by Gasteiger charge is -2.11. The zero-order chi connectivity index (χ0) is 59.7. The monoisotopic (exact) mass is 1310 g/mol. The lowest BCUT2D eigenvalue weighted by molar-refractivity contribution is -0.146. The second kappa shape index (κ2) is 110. The Morgan fingerprint density at radius 2 is 0.893 bits per heavy atom. The fraction of sp³-hybridized carbons (Fsp3) is 0.878. The van der Waals surface area contributed by atoms with Gasteiger partial charge in [0.2, 0.25) is 4.45 Å². The van der Waals surface area contributed by atoms with E-state index in [1.54, 1.807) is 0 Å². The summed E-state index contributed by atoms with van der Waals surface area (Å²) in [5.41, 5.74) is 15.1. The number of carbonyl (C=O) groups is 5. The summed E-state index contributed by atoms with van der Waals surface area (Å²) in [6.45, 7) is 14.4. The molecule has 5 atom stereocenters. The smallest absolute Gasteiger partial charge is 0.407 e. The molecule has 5 unspecified atom stereocenters. The molecule has 5 aliphatic rings. The highest BCUT2D eigenvalue weighted by Crippen LogP contribution is 2.23. The molecule has 5 rings (SSSR count). The summed E-state index contributed by atoms with van der Waals surface area (Å²) in [6, 6.07) is -0.0359. The van der Waals surface area contributed by atoms with Crippen LogP contribution >= 0.6 is 118 Å². The van der Waals surface area contributed by atoms with Gasteiger partial charge in [0.05, 0.1) is 64.3 Å². The average molecular weight is 1310 g/mol. The van der Waals surface area contributed by atoms with E-state index in [1.807, 2.05) is 0 Å². The summed E-state index contributed by atoms with van der Waals surface area (Å²) in [6.07, 6.45) is 10.7. The van der Waals surface area contributed by atoms with Gasteiger partial charge in [-0.1, -0.05) is 23.5 Å². The zero-order valence-electron chi connectivity index (χ0n) is 44.7. The van der Waals surface area contributed by atoms with Crippen LogP contribution in [0.15, 0.2) is 0 Å². The molecular weight excluding hydrogens is 1210 g/mol. The third-order valence-electron chi connectivity index (χ3n) is 5.96. The van der Waals surface area contributed by atoms with Crippen LogP contribution < -0.4 is 33.2 Å². The molecule has 3 amide bonds. The van der Waals surface area contributed by atoms with Gasteiger partial charge in [0.25, 0.3) is 0 Å². The quantitative estimate of drug-likeness (QED) is 0.0319. The Morgan fingerprint density at radius 3 is 1.03 bits per heavy atom. The van der Waals surface area contributed by atoms with Gasteiger partial charge < -0.3 is 67.8 Å². The number of hydrogen-bond donors (Lipinski definition) is 13. The van der Waals surface area contributed by atoms with Crippen molar-refractivity contribution >= 4 is 145 Å². The summed E-state index contributed by atoms with van der Waals surface area (Å²) in [5.74, 6) is 5.67. The van der Waals surface area contributed by atoms with Gasteiger partial charge in [0.15, 0.2) is 0 Å². The number of thiol groups is 3. The first-order valence-electron chi connectivity index (χ1n) is 23.5. The molecule has 460 valence electrons. The number of carbonyl (C=O) groups excluding carboxylic acids is 5. The molecule has 18 nitrogen and oxygen atoms in total. The molecule has 0 aromatic carbocycles. The molecule has 0 bridgehead atoms. The Labute approximate surface area is 485 Å². The van der Waals surface area contributed by atoms with Crippen LogP contribution in [0.25, 0.3) is 0 Å². The van der Waals surface area contributed by atoms with Crippen LogP contribution in [-0.2, 0) is 19.0 Å². The SMILES string of the molecule is CPF.CPF.CPF.CPF.CPF.NCCCN.NCCCO.O=C1CCCCO1.O=C1NCCCN1.O=C1NCCCO1.O=C1OCCCS1.O=C1SCCCS1.OCCCO.OCCCS.SCCCS. The molecule has 0 saturated carbocycles. The Bertz CT molecular complexity index is 840. The summed E-state index contributed by atoms with van der Waals surface area (Å²) in [4.78, 5) is 51.2. The standard InChI is InChI=1S/C5H8O2.C4H8N2O.C4H7NO2.C4H6O2S.C4H6OS2.C3H10N2.C3H9NO.C3H8O2.C3H8OS.C3H8S2.5CH4FP/c6-5-3-1-2-4-7-5;7-4-5-2-1-3-6-4;6-4-5-2-1-3-7-4;2*5-4-6-2-1-3-7-4;5*4-2-1-3-5;5*1-3-2/h1-4H2;1-3H2,(H2,5,6,7);1-3H2,(H,5,6);2*1-3H2;1-5H2;5H,1-4H2;3*4-5H,1-3H2;5*3H,1H3. The first kappa shape index (κ1) is 97.9. The van der Waals surface area contributed by atoms with Crippen LogP contribution in [0.2, 0.25) is 0 Å². The van der Waals surface area contributed by atoms with Crippen LogP contribution in [0.4, 0.5) is 40.2 Å². The van der Waals surface area contributed by atoms with E-state index in [2.05, 4.69) is 68.0 Å². The second-order valence-corrected chi connectivity index (χ2v) is 19.0. The lowest BCUT2D eigenvalue weighted by atomic mass is 10.2. The van der Waals surface area contributed by atoms with E-state index in [9.17, 15) is 45.0 Å². The Morgan fingerprint density at radius 1 is 0.493 bits per heavy atom. The van der Waals surface area contributed by atoms with Crippen molar-refractivity contribution in [1.82, 2.24) is 16.0 Å². The molecule has 13 N–H and O–H groups in total. The molecule has 5 saturated heterocycles. The van der Waals surface area contributed by atoms with Gasteiger partial charge in [-0.05, 0) is 153 Å². The number of cyclic esters (lactones) is 3. The molecule has 5 fully saturated rings. The van der Waals surface area contributed by atoms with Gasteiger partial charge in [0, 0.05) is 69.7 Å². The van der Waals surface area contributed by atoms with Gasteiger partial charge in [-0.25, -0.2) is 35.4 Å². The highest BCUT2D eigenvalue weighted by molar-refractivity contribution is 8.39. The first-order valence-corrected chi connectivity index (χ1v) is 35.3. The maximum atomic E-state index is 10.4. The zero-order valence-corrected chi connectivity index (χ0v) is 54.8. The summed E-state index contributed by atoms with van der Waals surface area (Å²) in [5, 5.41) is 39.5. The first-order chi connectivity index (χ1) is 36.1. The van der Waals surface area contributed by atoms with Crippen molar-refractivity contribution in [3.05, 3.63) is 0 Å². The van der Waals surface area contributed by atoms with Crippen molar-refractivity contribution < 1.29 is 79.6 Å². The van der Waals surface area contributed by atoms with E-state index < -0.39 is 44.5 Å². The largest absolute Gasteiger partial charge is 0.466 e. The molecule has 0 aromatic heterocycles. The molecule has 5 heterocycles. The van der Waals surface area contributed by atoms with Crippen molar-refractivity contribution in [2.45, 2.75) is 77.0 Å². The van der Waals surface area contributed by atoms with Crippen molar-refractivity contribution in [3.8, 4) is 0 Å². The number of amides is 3. The van der Waals surface area contributed by atoms with E-state index in [-0.39, 0.29) is 49.8 Å². The molecule has 0 spiro atoms. The normalized spacial score (nSPS) is 14.7. The summed E-state index contributed by atoms with van der Waals surface area (Å²) >= 11 is 15.9. The van der Waals surface area contributed by atoms with Gasteiger partial charge in [-0.3, -0.25) is 9.59 Å². The number of rotatable bonds is 10. The number of aliphatic hydroxyl groups excluding tert-OH is 4. The number of urea groups is 1. The second-order valence-electron chi connectivity index (χ2n) is 12.4. The number of alkyl carbamates (subject to hydrolysis) is 1. The van der Waals surface area contributed by atoms with Crippen LogP contribution in [0.5, 0.6) is 0 Å². The van der Waals surface area contributed by atoms with Gasteiger partial charge >= 0.3 is 23.4 Å². The number of halogens is 5. The summed E-state index contributed by atoms with van der Waals surface area (Å²) < 4.78 is 65.7. The Kier molecular flexibility index (Phi) is 144. The number of ether oxygens (including phenoxy) is 3. The van der Waals surface area contributed by atoms with Gasteiger partial charge in [-0.2, -0.15) is 37.9 Å². The molecule has 0 radical (unpaired) electrons. The molecule has 75 heavy (non-hydrogen) atoms. The Balaban J connectivity index is -0.0000000763. The summed E-state index contributed by atoms with van der Waals surface area (Å²) in [7, 11) is -2.08. The highest BCUT2D eigenvalue weighted by atomic mass is 32.2. The third-order valence-corrected chi connectivity index (χ3v) is 9.92. The van der Waals surface area contributed by atoms with Crippen LogP contribution in [0.3, 0.4) is 0 Å². The molecular formula is C41H98F5N6O12P5S6. The Hall–Kier alpha value is 0.770. The van der Waals surface area contributed by atoms with E-state index in [0.717, 1.165) is 125 Å². The van der Waals surface area contributed by atoms with Gasteiger partial charge in [-0.15, -0.1) is 0 Å². The minimum absolute atomic E-state index is 0.0359. The molecule has 0 aliphatic carbocycles. The van der Waals surface area contributed by atoms with E-state index in [4.69, 9.17) is 37.6 Å². The number of thioether (sulfide) groups is 3. The van der Waals surface area contributed by atoms with Crippen LogP contribution in [-0.4, -0.2) is 202 Å². The number of esters is 1. The van der Waals surface area contributed by atoms with E-state index in [1.165, 1.54) is 75.0 Å². The predicted octanol–water partition coefficient (Wildman–Crippen LogP) is 9.17. The highest BCUT2D eigenvalue weighted by Gasteiger charge is 2.09. The average Bonchev–Trinajstić information content (AvgIpc) is 3.39. The number of nitrogens with two attached hydrogens (primary N) is 3. The molecule has 34 heteroatoms. The molecule has 0 aromatic rings. The van der Waals surface area contributed by atoms with Crippen molar-refractivity contribution in [1.29, 1.82) is 0 Å². The molecule has 5 aliphatic heterocycles. The topological polar surface area (TPSA) is 308 Å². The number of aliphatic hydroxyl groups is 4. The minimum atomic E-state index is -0.417. The number of hydrogen-bond acceptors (Lipinski definition) is 21. The predicted molar refractivity (Wildman–Crippen MR) is 335 cm³/mol. The fourth-order valence-electron chi connectivity index (χ4n) is 2.91. The van der Waals surface area contributed by atoms with E-state index in [0.29, 0.717) is 43.7 Å². The minimum Gasteiger partial charge on any atom is -0.466 e.